The van der Waals surface area contributed by atoms with Gasteiger partial charge in [0, 0.05) is 17.9 Å². The zero-order valence-corrected chi connectivity index (χ0v) is 8.13. The number of rotatable bonds is 1. The van der Waals surface area contributed by atoms with E-state index in [2.05, 4.69) is 20.8 Å². The first-order valence-electron chi connectivity index (χ1n) is 4.29. The number of hydrogen-bond acceptors (Lipinski definition) is 2. The summed E-state index contributed by atoms with van der Waals surface area (Å²) < 4.78 is 0. The van der Waals surface area contributed by atoms with Crippen molar-refractivity contribution in [3.05, 3.63) is 0 Å². The third kappa shape index (κ3) is 1.34. The fourth-order valence-corrected chi connectivity index (χ4v) is 2.94. The molecule has 64 valence electrons. The highest BCUT2D eigenvalue weighted by Gasteiger charge is 2.38. The van der Waals surface area contributed by atoms with Gasteiger partial charge in [0.2, 0.25) is 0 Å². The highest BCUT2D eigenvalue weighted by molar-refractivity contribution is 9.09. The summed E-state index contributed by atoms with van der Waals surface area (Å²) in [6.07, 6.45) is 2.34. The van der Waals surface area contributed by atoms with Gasteiger partial charge in [-0.2, -0.15) is 0 Å². The standard InChI is InChI=1S/C8H14BrNO/c9-4-7-3-6-1-2-10(7)5-8(6)11/h6-8,11H,1-5H2/t6-,7+,8-/m0/s1. The van der Waals surface area contributed by atoms with Crippen LogP contribution in [0.15, 0.2) is 0 Å². The van der Waals surface area contributed by atoms with E-state index in [-0.39, 0.29) is 6.10 Å². The van der Waals surface area contributed by atoms with Crippen LogP contribution in [0.25, 0.3) is 0 Å². The molecule has 1 N–H and O–H groups in total. The molecule has 0 radical (unpaired) electrons. The van der Waals surface area contributed by atoms with Crippen LogP contribution >= 0.6 is 15.9 Å². The lowest BCUT2D eigenvalue weighted by Gasteiger charge is -2.47. The van der Waals surface area contributed by atoms with Crippen molar-refractivity contribution in [1.29, 1.82) is 0 Å². The third-order valence-electron chi connectivity index (χ3n) is 3.02. The Morgan fingerprint density at radius 3 is 2.82 bits per heavy atom. The van der Waals surface area contributed by atoms with Gasteiger partial charge in [-0.25, -0.2) is 0 Å². The van der Waals surface area contributed by atoms with Crippen LogP contribution in [0.4, 0.5) is 0 Å². The Morgan fingerprint density at radius 1 is 1.55 bits per heavy atom. The second-order valence-corrected chi connectivity index (χ2v) is 4.30. The lowest BCUT2D eigenvalue weighted by molar-refractivity contribution is -0.0480. The quantitative estimate of drug-likeness (QED) is 0.662. The molecule has 0 aromatic carbocycles. The molecule has 3 rings (SSSR count). The molecule has 1 unspecified atom stereocenters. The molecule has 0 aliphatic carbocycles. The topological polar surface area (TPSA) is 23.5 Å². The fraction of sp³-hybridized carbons (Fsp3) is 1.00. The molecule has 3 fully saturated rings. The van der Waals surface area contributed by atoms with Gasteiger partial charge >= 0.3 is 0 Å². The lowest BCUT2D eigenvalue weighted by atomic mass is 9.82. The second-order valence-electron chi connectivity index (χ2n) is 3.65. The number of halogens is 1. The van der Waals surface area contributed by atoms with E-state index in [4.69, 9.17) is 0 Å². The predicted molar refractivity (Wildman–Crippen MR) is 47.9 cm³/mol. The van der Waals surface area contributed by atoms with Crippen molar-refractivity contribution in [1.82, 2.24) is 4.90 Å². The largest absolute Gasteiger partial charge is 0.392 e. The van der Waals surface area contributed by atoms with Crippen molar-refractivity contribution in [2.45, 2.75) is 25.0 Å². The van der Waals surface area contributed by atoms with E-state index in [1.54, 1.807) is 0 Å². The first-order chi connectivity index (χ1) is 5.31. The monoisotopic (exact) mass is 219 g/mol. The van der Waals surface area contributed by atoms with Crippen LogP contribution in [0.1, 0.15) is 12.8 Å². The molecule has 2 nitrogen and oxygen atoms in total. The second kappa shape index (κ2) is 3.04. The summed E-state index contributed by atoms with van der Waals surface area (Å²) >= 11 is 3.51. The van der Waals surface area contributed by atoms with Crippen molar-refractivity contribution in [3.8, 4) is 0 Å². The summed E-state index contributed by atoms with van der Waals surface area (Å²) in [5.74, 6) is 0.586. The molecule has 0 aromatic heterocycles. The van der Waals surface area contributed by atoms with Crippen molar-refractivity contribution >= 4 is 15.9 Å². The lowest BCUT2D eigenvalue weighted by Crippen LogP contribution is -2.56. The van der Waals surface area contributed by atoms with E-state index < -0.39 is 0 Å². The molecule has 0 aromatic rings. The highest BCUT2D eigenvalue weighted by Crippen LogP contribution is 2.32. The van der Waals surface area contributed by atoms with Gasteiger partial charge in [0.1, 0.15) is 0 Å². The van der Waals surface area contributed by atoms with Crippen molar-refractivity contribution < 1.29 is 5.11 Å². The van der Waals surface area contributed by atoms with E-state index in [9.17, 15) is 5.11 Å². The highest BCUT2D eigenvalue weighted by atomic mass is 79.9. The number of hydrogen-bond donors (Lipinski definition) is 1. The average molecular weight is 220 g/mol. The number of fused-ring (bicyclic) bond motifs is 3. The fourth-order valence-electron chi connectivity index (χ4n) is 2.27. The number of alkyl halides is 1. The van der Waals surface area contributed by atoms with Crippen LogP contribution in [0.2, 0.25) is 0 Å². The third-order valence-corrected chi connectivity index (χ3v) is 3.77. The molecule has 3 aliphatic rings. The zero-order chi connectivity index (χ0) is 7.84. The van der Waals surface area contributed by atoms with Gasteiger partial charge < -0.3 is 5.11 Å². The van der Waals surface area contributed by atoms with Crippen LogP contribution < -0.4 is 0 Å². The Balaban J connectivity index is 2.04. The van der Waals surface area contributed by atoms with Gasteiger partial charge in [-0.3, -0.25) is 4.90 Å². The Hall–Kier alpha value is 0.400. The number of aliphatic hydroxyl groups is 1. The summed E-state index contributed by atoms with van der Waals surface area (Å²) in [7, 11) is 0. The molecule has 4 atom stereocenters. The number of piperidine rings is 3. The minimum Gasteiger partial charge on any atom is -0.392 e. The predicted octanol–water partition coefficient (Wildman–Crippen LogP) is 0.836. The van der Waals surface area contributed by atoms with E-state index in [0.29, 0.717) is 12.0 Å². The first kappa shape index (κ1) is 8.02. The van der Waals surface area contributed by atoms with Gasteiger partial charge in [0.05, 0.1) is 6.10 Å². The summed E-state index contributed by atoms with van der Waals surface area (Å²) in [5, 5.41) is 10.6. The van der Waals surface area contributed by atoms with Gasteiger partial charge in [-0.1, -0.05) is 15.9 Å². The summed E-state index contributed by atoms with van der Waals surface area (Å²) in [5.41, 5.74) is 0. The average Bonchev–Trinajstić information content (AvgIpc) is 2.05. The Bertz CT molecular complexity index is 153. The molecule has 2 bridgehead atoms. The van der Waals surface area contributed by atoms with Crippen LogP contribution in [-0.2, 0) is 0 Å². The van der Waals surface area contributed by atoms with Crippen LogP contribution in [0, 0.1) is 5.92 Å². The number of aliphatic hydroxyl groups excluding tert-OH is 1. The van der Waals surface area contributed by atoms with Gasteiger partial charge in [0.25, 0.3) is 0 Å². The molecule has 0 amide bonds. The Morgan fingerprint density at radius 2 is 2.36 bits per heavy atom. The Labute approximate surface area is 75.7 Å². The maximum atomic E-state index is 9.56. The molecule has 3 aliphatic heterocycles. The van der Waals surface area contributed by atoms with Gasteiger partial charge in [-0.15, -0.1) is 0 Å². The summed E-state index contributed by atoms with van der Waals surface area (Å²) in [6.45, 7) is 2.10. The molecular weight excluding hydrogens is 206 g/mol. The molecule has 0 saturated carbocycles. The maximum absolute atomic E-state index is 9.56. The van der Waals surface area contributed by atoms with Crippen LogP contribution in [-0.4, -0.2) is 40.6 Å². The van der Waals surface area contributed by atoms with E-state index >= 15 is 0 Å². The van der Waals surface area contributed by atoms with Crippen LogP contribution in [0.5, 0.6) is 0 Å². The molecular formula is C8H14BrNO. The zero-order valence-electron chi connectivity index (χ0n) is 6.54. The van der Waals surface area contributed by atoms with Crippen LogP contribution in [0.3, 0.4) is 0 Å². The van der Waals surface area contributed by atoms with Gasteiger partial charge in [0.15, 0.2) is 0 Å². The SMILES string of the molecule is O[C@H]1CN2CC[C@H]1C[C@@H]2CBr. The summed E-state index contributed by atoms with van der Waals surface area (Å²) in [4.78, 5) is 2.40. The minimum absolute atomic E-state index is 0.0425. The molecule has 3 heteroatoms. The molecule has 0 spiro atoms. The Kier molecular flexibility index (Phi) is 2.21. The van der Waals surface area contributed by atoms with E-state index in [0.717, 1.165) is 11.9 Å². The first-order valence-corrected chi connectivity index (χ1v) is 5.41. The van der Waals surface area contributed by atoms with Crippen molar-refractivity contribution in [2.24, 2.45) is 5.92 Å². The molecule has 11 heavy (non-hydrogen) atoms. The maximum Gasteiger partial charge on any atom is 0.0696 e. The molecule has 3 heterocycles. The van der Waals surface area contributed by atoms with E-state index in [1.807, 2.05) is 0 Å². The van der Waals surface area contributed by atoms with Crippen molar-refractivity contribution in [3.63, 3.8) is 0 Å². The number of nitrogens with zero attached hydrogens (tertiary/aromatic N) is 1. The van der Waals surface area contributed by atoms with E-state index in [1.165, 1.54) is 19.4 Å². The minimum atomic E-state index is -0.0425. The summed E-state index contributed by atoms with van der Waals surface area (Å²) in [6, 6.07) is 0.692. The molecule has 3 saturated heterocycles. The smallest absolute Gasteiger partial charge is 0.0696 e. The normalized spacial score (nSPS) is 49.6. The van der Waals surface area contributed by atoms with Crippen molar-refractivity contribution in [2.75, 3.05) is 18.4 Å². The van der Waals surface area contributed by atoms with Gasteiger partial charge in [-0.05, 0) is 25.3 Å².